The van der Waals surface area contributed by atoms with E-state index in [0.29, 0.717) is 5.02 Å². The van der Waals surface area contributed by atoms with Crippen LogP contribution in [0.5, 0.6) is 0 Å². The summed E-state index contributed by atoms with van der Waals surface area (Å²) >= 11 is 5.80. The van der Waals surface area contributed by atoms with E-state index in [-0.39, 0.29) is 18.0 Å². The van der Waals surface area contributed by atoms with Crippen LogP contribution in [-0.2, 0) is 4.79 Å². The Bertz CT molecular complexity index is 552. The quantitative estimate of drug-likeness (QED) is 0.885. The fourth-order valence-electron chi connectivity index (χ4n) is 1.85. The van der Waals surface area contributed by atoms with Crippen molar-refractivity contribution in [2.24, 2.45) is 0 Å². The number of halogens is 1. The van der Waals surface area contributed by atoms with E-state index in [2.05, 4.69) is 10.6 Å². The van der Waals surface area contributed by atoms with E-state index in [1.165, 1.54) is 0 Å². The van der Waals surface area contributed by atoms with Gasteiger partial charge in [-0.1, -0.05) is 11.6 Å². The van der Waals surface area contributed by atoms with Crippen molar-refractivity contribution in [2.45, 2.75) is 25.9 Å². The molecule has 0 unspecified atom stereocenters. The molecule has 0 spiro atoms. The van der Waals surface area contributed by atoms with E-state index < -0.39 is 0 Å². The summed E-state index contributed by atoms with van der Waals surface area (Å²) in [7, 11) is 0. The summed E-state index contributed by atoms with van der Waals surface area (Å²) in [5.74, 6) is 0.696. The van der Waals surface area contributed by atoms with Crippen molar-refractivity contribution >= 4 is 23.2 Å². The Balaban J connectivity index is 1.90. The zero-order valence-corrected chi connectivity index (χ0v) is 12.1. The second-order valence-corrected chi connectivity index (χ2v) is 5.06. The highest BCUT2D eigenvalue weighted by molar-refractivity contribution is 6.30. The monoisotopic (exact) mass is 292 g/mol. The average Bonchev–Trinajstić information content (AvgIpc) is 2.95. The first-order chi connectivity index (χ1) is 9.56. The van der Waals surface area contributed by atoms with Gasteiger partial charge in [-0.3, -0.25) is 10.1 Å². The molecule has 0 aliphatic carbocycles. The molecule has 2 N–H and O–H groups in total. The van der Waals surface area contributed by atoms with Gasteiger partial charge in [-0.15, -0.1) is 0 Å². The molecule has 0 fully saturated rings. The van der Waals surface area contributed by atoms with Gasteiger partial charge in [0.1, 0.15) is 5.76 Å². The van der Waals surface area contributed by atoms with Crippen molar-refractivity contribution in [3.8, 4) is 0 Å². The van der Waals surface area contributed by atoms with Gasteiger partial charge in [0, 0.05) is 10.7 Å². The Kier molecular flexibility index (Phi) is 4.82. The van der Waals surface area contributed by atoms with Gasteiger partial charge in [0.2, 0.25) is 5.91 Å². The first-order valence-corrected chi connectivity index (χ1v) is 6.80. The van der Waals surface area contributed by atoms with Crippen molar-refractivity contribution in [3.63, 3.8) is 0 Å². The molecule has 2 aromatic rings. The van der Waals surface area contributed by atoms with E-state index in [1.807, 2.05) is 26.0 Å². The zero-order valence-electron chi connectivity index (χ0n) is 11.4. The first-order valence-electron chi connectivity index (χ1n) is 6.42. The van der Waals surface area contributed by atoms with Crippen LogP contribution in [0, 0.1) is 0 Å². The third-order valence-electron chi connectivity index (χ3n) is 2.98. The maximum Gasteiger partial charge on any atom is 0.241 e. The van der Waals surface area contributed by atoms with Crippen molar-refractivity contribution in [3.05, 3.63) is 53.4 Å². The van der Waals surface area contributed by atoms with E-state index in [4.69, 9.17) is 16.0 Å². The molecule has 0 bridgehead atoms. The summed E-state index contributed by atoms with van der Waals surface area (Å²) < 4.78 is 5.30. The van der Waals surface area contributed by atoms with Crippen molar-refractivity contribution in [1.29, 1.82) is 0 Å². The molecule has 0 radical (unpaired) electrons. The predicted octanol–water partition coefficient (Wildman–Crippen LogP) is 3.61. The van der Waals surface area contributed by atoms with Crippen molar-refractivity contribution in [1.82, 2.24) is 5.32 Å². The molecule has 0 saturated carbocycles. The molecule has 20 heavy (non-hydrogen) atoms. The molecule has 1 aromatic carbocycles. The Morgan fingerprint density at radius 1 is 1.20 bits per heavy atom. The number of carbonyl (C=O) groups excluding carboxylic acids is 1. The summed E-state index contributed by atoms with van der Waals surface area (Å²) in [6.07, 6.45) is 1.62. The number of nitrogens with one attached hydrogen (secondary N) is 2. The number of furan rings is 1. The summed E-state index contributed by atoms with van der Waals surface area (Å²) in [6.45, 7) is 3.76. The SMILES string of the molecule is C[C@H](N[C@@H](C)c1ccco1)C(=O)Nc1ccc(Cl)cc1. The van der Waals surface area contributed by atoms with Crippen LogP contribution in [0.4, 0.5) is 5.69 Å². The number of hydrogen-bond donors (Lipinski definition) is 2. The summed E-state index contributed by atoms with van der Waals surface area (Å²) in [5.41, 5.74) is 0.721. The van der Waals surface area contributed by atoms with Crippen LogP contribution >= 0.6 is 11.6 Å². The van der Waals surface area contributed by atoms with E-state index in [1.54, 1.807) is 30.5 Å². The number of hydrogen-bond acceptors (Lipinski definition) is 3. The molecule has 1 amide bonds. The lowest BCUT2D eigenvalue weighted by molar-refractivity contribution is -0.118. The molecule has 2 atom stereocenters. The molecule has 1 heterocycles. The first kappa shape index (κ1) is 14.6. The van der Waals surface area contributed by atoms with Gasteiger partial charge in [-0.2, -0.15) is 0 Å². The third-order valence-corrected chi connectivity index (χ3v) is 3.23. The number of amides is 1. The van der Waals surface area contributed by atoms with Gasteiger partial charge in [0.15, 0.2) is 0 Å². The fourth-order valence-corrected chi connectivity index (χ4v) is 1.98. The maximum absolute atomic E-state index is 12.1. The van der Waals surface area contributed by atoms with Crippen LogP contribution in [-0.4, -0.2) is 11.9 Å². The zero-order chi connectivity index (χ0) is 14.5. The standard InChI is InChI=1S/C15H17ClN2O2/c1-10(14-4-3-9-20-14)17-11(2)15(19)18-13-7-5-12(16)6-8-13/h3-11,17H,1-2H3,(H,18,19)/t10-,11-/m0/s1. The Morgan fingerprint density at radius 2 is 1.90 bits per heavy atom. The number of benzene rings is 1. The second kappa shape index (κ2) is 6.59. The summed E-state index contributed by atoms with van der Waals surface area (Å²) in [4.78, 5) is 12.1. The second-order valence-electron chi connectivity index (χ2n) is 4.62. The van der Waals surface area contributed by atoms with Gasteiger partial charge < -0.3 is 9.73 Å². The average molecular weight is 293 g/mol. The predicted molar refractivity (Wildman–Crippen MR) is 79.8 cm³/mol. The molecule has 0 saturated heterocycles. The fraction of sp³-hybridized carbons (Fsp3) is 0.267. The lowest BCUT2D eigenvalue weighted by Crippen LogP contribution is -2.39. The van der Waals surface area contributed by atoms with E-state index in [9.17, 15) is 4.79 Å². The lowest BCUT2D eigenvalue weighted by Gasteiger charge is -2.18. The molecule has 2 rings (SSSR count). The molecular formula is C15H17ClN2O2. The summed E-state index contributed by atoms with van der Waals surface area (Å²) in [5, 5.41) is 6.65. The number of carbonyl (C=O) groups is 1. The van der Waals surface area contributed by atoms with Gasteiger partial charge in [-0.05, 0) is 50.2 Å². The normalized spacial score (nSPS) is 13.8. The molecule has 106 valence electrons. The number of rotatable bonds is 5. The van der Waals surface area contributed by atoms with Gasteiger partial charge in [-0.25, -0.2) is 0 Å². The third kappa shape index (κ3) is 3.85. The minimum atomic E-state index is -0.342. The highest BCUT2D eigenvalue weighted by Crippen LogP contribution is 2.15. The van der Waals surface area contributed by atoms with Gasteiger partial charge in [0.05, 0.1) is 18.3 Å². The molecule has 5 heteroatoms. The van der Waals surface area contributed by atoms with Crippen LogP contribution in [0.2, 0.25) is 5.02 Å². The van der Waals surface area contributed by atoms with Gasteiger partial charge in [0.25, 0.3) is 0 Å². The van der Waals surface area contributed by atoms with Gasteiger partial charge >= 0.3 is 0 Å². The summed E-state index contributed by atoms with van der Waals surface area (Å²) in [6, 6.07) is 10.3. The molecule has 4 nitrogen and oxygen atoms in total. The Morgan fingerprint density at radius 3 is 2.50 bits per heavy atom. The minimum absolute atomic E-state index is 0.0315. The Labute approximate surface area is 123 Å². The largest absolute Gasteiger partial charge is 0.468 e. The Hall–Kier alpha value is -1.78. The minimum Gasteiger partial charge on any atom is -0.468 e. The highest BCUT2D eigenvalue weighted by Gasteiger charge is 2.17. The highest BCUT2D eigenvalue weighted by atomic mass is 35.5. The van der Waals surface area contributed by atoms with E-state index in [0.717, 1.165) is 11.4 Å². The van der Waals surface area contributed by atoms with Crippen molar-refractivity contribution < 1.29 is 9.21 Å². The van der Waals surface area contributed by atoms with Crippen LogP contribution < -0.4 is 10.6 Å². The van der Waals surface area contributed by atoms with Crippen LogP contribution in [0.15, 0.2) is 47.1 Å². The van der Waals surface area contributed by atoms with Crippen LogP contribution in [0.25, 0.3) is 0 Å². The molecular weight excluding hydrogens is 276 g/mol. The topological polar surface area (TPSA) is 54.3 Å². The lowest BCUT2D eigenvalue weighted by atomic mass is 10.2. The van der Waals surface area contributed by atoms with Crippen molar-refractivity contribution in [2.75, 3.05) is 5.32 Å². The molecule has 0 aliphatic rings. The van der Waals surface area contributed by atoms with Crippen LogP contribution in [0.1, 0.15) is 25.6 Å². The smallest absolute Gasteiger partial charge is 0.241 e. The maximum atomic E-state index is 12.1. The van der Waals surface area contributed by atoms with E-state index >= 15 is 0 Å². The molecule has 0 aliphatic heterocycles. The molecule has 1 aromatic heterocycles. The number of anilines is 1. The van der Waals surface area contributed by atoms with Crippen LogP contribution in [0.3, 0.4) is 0 Å².